The fourth-order valence-electron chi connectivity index (χ4n) is 2.15. The van der Waals surface area contributed by atoms with E-state index in [9.17, 15) is 0 Å². The van der Waals surface area contributed by atoms with Crippen molar-refractivity contribution in [1.29, 1.82) is 0 Å². The monoisotopic (exact) mass is 462 g/mol. The lowest BCUT2D eigenvalue weighted by atomic mass is 9.91. The highest BCUT2D eigenvalue weighted by atomic mass is 127. The Labute approximate surface area is 165 Å². The molecule has 24 heavy (non-hydrogen) atoms. The Morgan fingerprint density at radius 2 is 2.08 bits per heavy atom. The molecular weight excluding hydrogens is 435 g/mol. The van der Waals surface area contributed by atoms with Crippen LogP contribution in [0.15, 0.2) is 26.9 Å². The average Bonchev–Trinajstić information content (AvgIpc) is 3.13. The lowest BCUT2D eigenvalue weighted by molar-refractivity contribution is 0.472. The highest BCUT2D eigenvalue weighted by molar-refractivity contribution is 14.0. The number of aryl methyl sites for hydroxylation is 2. The third-order valence-electron chi connectivity index (χ3n) is 3.68. The summed E-state index contributed by atoms with van der Waals surface area (Å²) in [6, 6.07) is 4.27. The van der Waals surface area contributed by atoms with Crippen molar-refractivity contribution in [2.45, 2.75) is 46.6 Å². The van der Waals surface area contributed by atoms with E-state index >= 15 is 0 Å². The Kier molecular flexibility index (Phi) is 8.21. The summed E-state index contributed by atoms with van der Waals surface area (Å²) in [6.07, 6.45) is 0. The first-order valence-corrected chi connectivity index (χ1v) is 8.79. The van der Waals surface area contributed by atoms with Gasteiger partial charge in [-0.3, -0.25) is 0 Å². The number of nitrogens with zero attached hydrogens (tertiary/aromatic N) is 2. The summed E-state index contributed by atoms with van der Waals surface area (Å²) < 4.78 is 5.58. The number of aromatic nitrogens is 1. The van der Waals surface area contributed by atoms with Gasteiger partial charge in [0.25, 0.3) is 0 Å². The van der Waals surface area contributed by atoms with Crippen molar-refractivity contribution in [3.05, 3.63) is 39.7 Å². The number of rotatable bonds is 6. The molecule has 0 spiro atoms. The van der Waals surface area contributed by atoms with E-state index in [1.165, 1.54) is 4.88 Å². The van der Waals surface area contributed by atoms with E-state index in [2.05, 4.69) is 58.9 Å². The number of thiophene rings is 1. The Morgan fingerprint density at radius 3 is 2.62 bits per heavy atom. The van der Waals surface area contributed by atoms with Gasteiger partial charge in [-0.2, -0.15) is 0 Å². The Morgan fingerprint density at radius 1 is 1.33 bits per heavy atom. The van der Waals surface area contributed by atoms with Crippen LogP contribution in [0.3, 0.4) is 0 Å². The number of hydrogen-bond acceptors (Lipinski definition) is 4. The molecule has 0 unspecified atom stereocenters. The van der Waals surface area contributed by atoms with Crippen LogP contribution in [-0.2, 0) is 12.0 Å². The molecule has 2 N–H and O–H groups in total. The van der Waals surface area contributed by atoms with E-state index < -0.39 is 0 Å². The molecule has 2 aromatic heterocycles. The first-order chi connectivity index (χ1) is 10.9. The van der Waals surface area contributed by atoms with Gasteiger partial charge >= 0.3 is 0 Å². The van der Waals surface area contributed by atoms with Crippen LogP contribution in [0.5, 0.6) is 0 Å². The fraction of sp³-hybridized carbons (Fsp3) is 0.529. The zero-order valence-electron chi connectivity index (χ0n) is 15.0. The van der Waals surface area contributed by atoms with Crippen LogP contribution in [0.2, 0.25) is 0 Å². The van der Waals surface area contributed by atoms with Gasteiger partial charge in [0.05, 0.1) is 5.69 Å². The second-order valence-corrected chi connectivity index (χ2v) is 7.11. The predicted octanol–water partition coefficient (Wildman–Crippen LogP) is 4.00. The van der Waals surface area contributed by atoms with Gasteiger partial charge < -0.3 is 15.1 Å². The molecule has 0 fully saturated rings. The summed E-state index contributed by atoms with van der Waals surface area (Å²) in [6.45, 7) is 12.4. The van der Waals surface area contributed by atoms with Gasteiger partial charge in [-0.25, -0.2) is 9.98 Å². The summed E-state index contributed by atoms with van der Waals surface area (Å²) in [5, 5.41) is 8.80. The molecule has 0 radical (unpaired) electrons. The summed E-state index contributed by atoms with van der Waals surface area (Å²) in [7, 11) is 0. The highest BCUT2D eigenvalue weighted by Crippen LogP contribution is 2.26. The maximum absolute atomic E-state index is 5.58. The SMILES string of the molecule is CCNC(=NCc1nc(C)c(C)o1)NCC(C)(C)c1cccs1.I. The fourth-order valence-corrected chi connectivity index (χ4v) is 3.00. The molecule has 0 aliphatic rings. The van der Waals surface area contributed by atoms with Crippen molar-refractivity contribution >= 4 is 41.3 Å². The van der Waals surface area contributed by atoms with Gasteiger partial charge in [0, 0.05) is 23.4 Å². The van der Waals surface area contributed by atoms with Crippen LogP contribution in [0.25, 0.3) is 0 Å². The maximum atomic E-state index is 5.58. The van der Waals surface area contributed by atoms with Gasteiger partial charge in [0.1, 0.15) is 12.3 Å². The molecule has 2 rings (SSSR count). The molecule has 0 saturated heterocycles. The van der Waals surface area contributed by atoms with Crippen LogP contribution in [0, 0.1) is 13.8 Å². The van der Waals surface area contributed by atoms with Gasteiger partial charge in [-0.15, -0.1) is 35.3 Å². The predicted molar refractivity (Wildman–Crippen MR) is 112 cm³/mol. The van der Waals surface area contributed by atoms with E-state index in [-0.39, 0.29) is 29.4 Å². The normalized spacial score (nSPS) is 12.0. The molecule has 0 saturated carbocycles. The lowest BCUT2D eigenvalue weighted by Gasteiger charge is -2.25. The highest BCUT2D eigenvalue weighted by Gasteiger charge is 2.21. The van der Waals surface area contributed by atoms with Gasteiger partial charge in [-0.05, 0) is 32.2 Å². The lowest BCUT2D eigenvalue weighted by Crippen LogP contribution is -2.43. The van der Waals surface area contributed by atoms with Crippen molar-refractivity contribution in [2.24, 2.45) is 4.99 Å². The van der Waals surface area contributed by atoms with Crippen LogP contribution >= 0.6 is 35.3 Å². The molecule has 0 aliphatic carbocycles. The number of guanidine groups is 1. The van der Waals surface area contributed by atoms with Crippen molar-refractivity contribution in [2.75, 3.05) is 13.1 Å². The van der Waals surface area contributed by atoms with Gasteiger partial charge in [0.2, 0.25) is 5.89 Å². The van der Waals surface area contributed by atoms with Gasteiger partial charge in [0.15, 0.2) is 5.96 Å². The number of aliphatic imine (C=N–C) groups is 1. The molecule has 0 aromatic carbocycles. The minimum atomic E-state index is 0. The third kappa shape index (κ3) is 5.77. The molecule has 7 heteroatoms. The molecule has 5 nitrogen and oxygen atoms in total. The minimum Gasteiger partial charge on any atom is -0.444 e. The Balaban J connectivity index is 0.00000288. The summed E-state index contributed by atoms with van der Waals surface area (Å²) in [4.78, 5) is 10.3. The van der Waals surface area contributed by atoms with Crippen LogP contribution in [0.4, 0.5) is 0 Å². The van der Waals surface area contributed by atoms with E-state index in [1.54, 1.807) is 11.3 Å². The number of nitrogens with one attached hydrogen (secondary N) is 2. The molecule has 0 atom stereocenters. The minimum absolute atomic E-state index is 0. The van der Waals surface area contributed by atoms with Crippen LogP contribution < -0.4 is 10.6 Å². The molecule has 0 bridgehead atoms. The second kappa shape index (κ2) is 9.41. The number of halogens is 1. The van der Waals surface area contributed by atoms with E-state index in [4.69, 9.17) is 4.42 Å². The van der Waals surface area contributed by atoms with Crippen molar-refractivity contribution in [3.63, 3.8) is 0 Å². The quantitative estimate of drug-likeness (QED) is 0.387. The number of oxazole rings is 1. The summed E-state index contributed by atoms with van der Waals surface area (Å²) >= 11 is 1.78. The first-order valence-electron chi connectivity index (χ1n) is 7.91. The van der Waals surface area contributed by atoms with E-state index in [0.29, 0.717) is 12.4 Å². The standard InChI is InChI=1S/C17H26N4OS.HI/c1-6-18-16(19-10-15-21-12(2)13(3)22-15)20-11-17(4,5)14-8-7-9-23-14;/h7-9H,6,10-11H2,1-5H3,(H2,18,19,20);1H. The molecule has 0 amide bonds. The molecule has 134 valence electrons. The maximum Gasteiger partial charge on any atom is 0.216 e. The Bertz CT molecular complexity index is 630. The zero-order valence-corrected chi connectivity index (χ0v) is 18.1. The Hall–Kier alpha value is -1.09. The van der Waals surface area contributed by atoms with Gasteiger partial charge in [-0.1, -0.05) is 19.9 Å². The molecule has 0 aliphatic heterocycles. The summed E-state index contributed by atoms with van der Waals surface area (Å²) in [5.74, 6) is 2.28. The largest absolute Gasteiger partial charge is 0.444 e. The van der Waals surface area contributed by atoms with E-state index in [0.717, 1.165) is 30.5 Å². The summed E-state index contributed by atoms with van der Waals surface area (Å²) in [5.41, 5.74) is 0.979. The second-order valence-electron chi connectivity index (χ2n) is 6.16. The topological polar surface area (TPSA) is 62.5 Å². The molecule has 2 heterocycles. The number of hydrogen-bond donors (Lipinski definition) is 2. The molecular formula is C17H27IN4OS. The van der Waals surface area contributed by atoms with Crippen molar-refractivity contribution < 1.29 is 4.42 Å². The smallest absolute Gasteiger partial charge is 0.216 e. The first kappa shape index (κ1) is 21.0. The average molecular weight is 462 g/mol. The van der Waals surface area contributed by atoms with E-state index in [1.807, 2.05) is 13.8 Å². The van der Waals surface area contributed by atoms with Crippen LogP contribution in [-0.4, -0.2) is 24.0 Å². The zero-order chi connectivity index (χ0) is 16.9. The van der Waals surface area contributed by atoms with Crippen LogP contribution in [0.1, 0.15) is 43.0 Å². The van der Waals surface area contributed by atoms with Crippen molar-refractivity contribution in [1.82, 2.24) is 15.6 Å². The third-order valence-corrected chi connectivity index (χ3v) is 4.91. The molecule has 2 aromatic rings. The van der Waals surface area contributed by atoms with Crippen molar-refractivity contribution in [3.8, 4) is 0 Å².